The zero-order valence-corrected chi connectivity index (χ0v) is 23.0. The summed E-state index contributed by atoms with van der Waals surface area (Å²) in [5.74, 6) is 0. The number of aromatic nitrogens is 1. The Hall–Kier alpha value is -4.53. The molecule has 1 unspecified atom stereocenters. The number of pyridine rings is 1. The van der Waals surface area contributed by atoms with Crippen LogP contribution in [-0.2, 0) is 0 Å². The molecule has 2 heterocycles. The molecule has 6 nitrogen and oxygen atoms in total. The number of thioether (sulfide) groups is 2. The highest BCUT2D eigenvalue weighted by Gasteiger charge is 2.18. The van der Waals surface area contributed by atoms with E-state index < -0.39 is 0 Å². The van der Waals surface area contributed by atoms with Gasteiger partial charge in [0, 0.05) is 16.7 Å². The first-order valence-corrected chi connectivity index (χ1v) is 14.1. The van der Waals surface area contributed by atoms with Crippen molar-refractivity contribution in [2.75, 3.05) is 0 Å². The molecule has 196 valence electrons. The Bertz CT molecular complexity index is 1630. The van der Waals surface area contributed by atoms with Gasteiger partial charge < -0.3 is 5.32 Å². The largest absolute Gasteiger partial charge is 0.373 e. The molecule has 1 aromatic heterocycles. The predicted molar refractivity (Wildman–Crippen MR) is 169 cm³/mol. The number of nitrogens with zero attached hydrogens (tertiary/aromatic N) is 1. The molecule has 0 fully saturated rings. The second kappa shape index (κ2) is 12.5. The summed E-state index contributed by atoms with van der Waals surface area (Å²) in [6, 6.07) is 32.5. The van der Waals surface area contributed by atoms with Crippen molar-refractivity contribution in [3.63, 3.8) is 0 Å². The van der Waals surface area contributed by atoms with Crippen molar-refractivity contribution in [2.45, 2.75) is 6.04 Å². The van der Waals surface area contributed by atoms with Crippen molar-refractivity contribution >= 4 is 43.7 Å². The van der Waals surface area contributed by atoms with Gasteiger partial charge in [0.05, 0.1) is 23.1 Å². The lowest BCUT2D eigenvalue weighted by atomic mass is 10.0. The highest BCUT2D eigenvalue weighted by atomic mass is 32.2. The Morgan fingerprint density at radius 1 is 0.625 bits per heavy atom. The van der Waals surface area contributed by atoms with Gasteiger partial charge in [-0.1, -0.05) is 103 Å². The zero-order valence-electron chi connectivity index (χ0n) is 21.4. The first-order valence-electron chi connectivity index (χ1n) is 12.5. The lowest BCUT2D eigenvalue weighted by Gasteiger charge is -2.22. The lowest BCUT2D eigenvalue weighted by Crippen LogP contribution is -2.25. The summed E-state index contributed by atoms with van der Waals surface area (Å²) in [7, 11) is 0. The number of allylic oxidation sites excluding steroid dienone is 2. The Labute approximate surface area is 241 Å². The Kier molecular flexibility index (Phi) is 8.49. The van der Waals surface area contributed by atoms with Crippen LogP contribution >= 0.6 is 23.5 Å². The molecule has 40 heavy (non-hydrogen) atoms. The van der Waals surface area contributed by atoms with E-state index in [4.69, 9.17) is 21.6 Å². The van der Waals surface area contributed by atoms with Gasteiger partial charge in [0.2, 0.25) is 0 Å². The van der Waals surface area contributed by atoms with Gasteiger partial charge in [-0.3, -0.25) is 21.6 Å². The highest BCUT2D eigenvalue weighted by molar-refractivity contribution is 8.27. The fraction of sp³-hybridized carbons (Fsp3) is 0.0312. The average Bonchev–Trinajstić information content (AvgIpc) is 3.02. The molecule has 0 saturated heterocycles. The van der Waals surface area contributed by atoms with Crippen LogP contribution in [0, 0.1) is 21.6 Å². The molecule has 1 atom stereocenters. The molecule has 0 bridgehead atoms. The van der Waals surface area contributed by atoms with Crippen LogP contribution in [0.3, 0.4) is 0 Å². The summed E-state index contributed by atoms with van der Waals surface area (Å²) in [5, 5.41) is 38.4. The molecule has 0 spiro atoms. The molecule has 5 rings (SSSR count). The van der Waals surface area contributed by atoms with E-state index in [1.54, 1.807) is 30.3 Å². The summed E-state index contributed by atoms with van der Waals surface area (Å²) in [4.78, 5) is 4.61. The van der Waals surface area contributed by atoms with Crippen molar-refractivity contribution in [2.24, 2.45) is 0 Å². The fourth-order valence-corrected chi connectivity index (χ4v) is 5.43. The fourth-order valence-electron chi connectivity index (χ4n) is 4.06. The number of benzene rings is 3. The number of nitrogens with one attached hydrogen (secondary N) is 5. The number of hydrogen-bond acceptors (Lipinski definition) is 8. The van der Waals surface area contributed by atoms with Crippen molar-refractivity contribution in [1.82, 2.24) is 10.3 Å². The van der Waals surface area contributed by atoms with Crippen LogP contribution in [-0.4, -0.2) is 25.2 Å². The molecule has 0 aliphatic carbocycles. The normalized spacial score (nSPS) is 14.1. The van der Waals surface area contributed by atoms with Crippen LogP contribution in [0.2, 0.25) is 0 Å². The summed E-state index contributed by atoms with van der Waals surface area (Å²) >= 11 is 2.12. The van der Waals surface area contributed by atoms with Gasteiger partial charge in [-0.15, -0.1) is 0 Å². The third kappa shape index (κ3) is 6.54. The van der Waals surface area contributed by atoms with Gasteiger partial charge in [0.15, 0.2) is 0 Å². The third-order valence-corrected chi connectivity index (χ3v) is 7.87. The van der Waals surface area contributed by atoms with E-state index in [0.29, 0.717) is 22.5 Å². The summed E-state index contributed by atoms with van der Waals surface area (Å²) in [6.07, 6.45) is 5.83. The van der Waals surface area contributed by atoms with Gasteiger partial charge in [-0.2, -0.15) is 0 Å². The summed E-state index contributed by atoms with van der Waals surface area (Å²) < 4.78 is 0. The lowest BCUT2D eigenvalue weighted by molar-refractivity contribution is 0.728. The molecule has 8 heteroatoms. The third-order valence-electron chi connectivity index (χ3n) is 6.15. The topological polar surface area (TPSA) is 120 Å². The first-order chi connectivity index (χ1) is 19.5. The highest BCUT2D eigenvalue weighted by Crippen LogP contribution is 2.25. The van der Waals surface area contributed by atoms with Gasteiger partial charge in [-0.05, 0) is 47.3 Å². The van der Waals surface area contributed by atoms with Crippen LogP contribution in [0.25, 0.3) is 11.3 Å². The van der Waals surface area contributed by atoms with Crippen molar-refractivity contribution in [3.05, 3.63) is 149 Å². The van der Waals surface area contributed by atoms with Crippen LogP contribution in [0.15, 0.2) is 127 Å². The molecular formula is C32H26N6S2. The molecule has 0 radical (unpaired) electrons. The van der Waals surface area contributed by atoms with Crippen LogP contribution in [0.5, 0.6) is 0 Å². The number of dihydropyridines is 1. The van der Waals surface area contributed by atoms with E-state index in [2.05, 4.69) is 10.3 Å². The van der Waals surface area contributed by atoms with Crippen molar-refractivity contribution in [1.29, 1.82) is 21.6 Å². The molecule has 0 amide bonds. The van der Waals surface area contributed by atoms with Gasteiger partial charge in [-0.25, -0.2) is 4.98 Å². The molecule has 4 aromatic rings. The smallest absolute Gasteiger partial charge is 0.119 e. The van der Waals surface area contributed by atoms with Crippen LogP contribution in [0.1, 0.15) is 28.4 Å². The SMILES string of the molecule is N=C(SC(=N)c1ccc(C(=N)SC(=N)c2cccc(-c3ccccc3)n2)cc1)C1=CC=CC(c2ccccc2)N1. The van der Waals surface area contributed by atoms with E-state index >= 15 is 0 Å². The van der Waals surface area contributed by atoms with E-state index in [0.717, 1.165) is 40.3 Å². The quantitative estimate of drug-likeness (QED) is 0.123. The van der Waals surface area contributed by atoms with Gasteiger partial charge in [0.25, 0.3) is 0 Å². The second-order valence-electron chi connectivity index (χ2n) is 8.87. The summed E-state index contributed by atoms with van der Waals surface area (Å²) in [6.45, 7) is 0. The molecule has 1 aliphatic heterocycles. The monoisotopic (exact) mass is 558 g/mol. The maximum atomic E-state index is 8.55. The molecule has 3 aromatic carbocycles. The second-order valence-corrected chi connectivity index (χ2v) is 10.9. The first kappa shape index (κ1) is 27.1. The average molecular weight is 559 g/mol. The Morgan fingerprint density at radius 3 is 1.88 bits per heavy atom. The van der Waals surface area contributed by atoms with E-state index in [1.807, 2.05) is 91.0 Å². The predicted octanol–water partition coefficient (Wildman–Crippen LogP) is 7.65. The number of hydrogen-bond donors (Lipinski definition) is 5. The van der Waals surface area contributed by atoms with Crippen LogP contribution in [0.4, 0.5) is 0 Å². The van der Waals surface area contributed by atoms with Crippen LogP contribution < -0.4 is 5.32 Å². The maximum Gasteiger partial charge on any atom is 0.119 e. The van der Waals surface area contributed by atoms with Gasteiger partial charge in [0.1, 0.15) is 20.2 Å². The molecule has 1 aliphatic rings. The van der Waals surface area contributed by atoms with Crippen molar-refractivity contribution in [3.8, 4) is 11.3 Å². The van der Waals surface area contributed by atoms with Gasteiger partial charge >= 0.3 is 0 Å². The zero-order chi connectivity index (χ0) is 27.9. The Morgan fingerprint density at radius 2 is 1.23 bits per heavy atom. The standard InChI is InChI=1S/C32H26N6S2/c33-29(39-31(35)27-15-7-13-25(37-27)21-9-3-1-4-10-21)23-17-19-24(20-18-23)30(34)40-32(36)28-16-8-14-26(38-28)22-11-5-2-6-12-22/h1-20,25,33-37H. The van der Waals surface area contributed by atoms with E-state index in [1.165, 1.54) is 0 Å². The van der Waals surface area contributed by atoms with E-state index in [-0.39, 0.29) is 26.2 Å². The Balaban J connectivity index is 1.18. The summed E-state index contributed by atoms with van der Waals surface area (Å²) in [5.41, 5.74) is 5.37. The minimum absolute atomic E-state index is 0.0196. The molecule has 5 N–H and O–H groups in total. The molecule has 0 saturated carbocycles. The minimum atomic E-state index is -0.0196. The number of rotatable bonds is 6. The molecular weight excluding hydrogens is 533 g/mol. The van der Waals surface area contributed by atoms with E-state index in [9.17, 15) is 0 Å². The maximum absolute atomic E-state index is 8.55. The van der Waals surface area contributed by atoms with Crippen molar-refractivity contribution < 1.29 is 0 Å². The minimum Gasteiger partial charge on any atom is -0.373 e.